The molecule has 1 aliphatic rings. The third kappa shape index (κ3) is 3.97. The maximum absolute atomic E-state index is 13.1. The molecule has 0 saturated carbocycles. The monoisotopic (exact) mass is 331 g/mol. The van der Waals surface area contributed by atoms with Crippen molar-refractivity contribution in [1.29, 1.82) is 0 Å². The molecule has 0 bridgehead atoms. The number of likely N-dealkylation sites (N-methyl/N-ethyl adjacent to an activating group) is 1. The summed E-state index contributed by atoms with van der Waals surface area (Å²) in [4.78, 5) is 2.22. The molecule has 2 atom stereocenters. The van der Waals surface area contributed by atoms with Gasteiger partial charge in [-0.3, -0.25) is 11.3 Å². The predicted molar refractivity (Wildman–Crippen MR) is 76.2 cm³/mol. The lowest BCUT2D eigenvalue weighted by atomic mass is 10.0. The fourth-order valence-corrected chi connectivity index (χ4v) is 2.79. The van der Waals surface area contributed by atoms with E-state index in [1.807, 2.05) is 0 Å². The summed E-state index contributed by atoms with van der Waals surface area (Å²) in [7, 11) is 2.07. The first-order valence-corrected chi connectivity index (χ1v) is 7.09. The number of rotatable bonds is 4. The van der Waals surface area contributed by atoms with Gasteiger partial charge in [0.25, 0.3) is 0 Å². The fraction of sp³-hybridized carbons (Fsp3) is 0.538. The first kappa shape index (κ1) is 14.9. The molecule has 1 aromatic rings. The number of nitrogens with zero attached hydrogens (tertiary/aromatic N) is 1. The molecule has 1 saturated heterocycles. The average Bonchev–Trinajstić information content (AvgIpc) is 2.38. The van der Waals surface area contributed by atoms with Crippen LogP contribution in [0, 0.1) is 5.82 Å². The van der Waals surface area contributed by atoms with Gasteiger partial charge in [0, 0.05) is 17.6 Å². The zero-order chi connectivity index (χ0) is 13.8. The zero-order valence-corrected chi connectivity index (χ0v) is 12.5. The lowest BCUT2D eigenvalue weighted by molar-refractivity contribution is -0.0384. The van der Waals surface area contributed by atoms with E-state index in [1.54, 1.807) is 6.07 Å². The number of nitrogens with two attached hydrogens (primary N) is 1. The maximum Gasteiger partial charge on any atom is 0.124 e. The Morgan fingerprint density at radius 1 is 1.63 bits per heavy atom. The Morgan fingerprint density at radius 3 is 3.05 bits per heavy atom. The SMILES string of the molecule is CN1CCOC(C(Cc2ccc(F)cc2Br)NN)C1. The van der Waals surface area contributed by atoms with Gasteiger partial charge in [-0.2, -0.15) is 0 Å². The van der Waals surface area contributed by atoms with Crippen LogP contribution >= 0.6 is 15.9 Å². The molecule has 4 nitrogen and oxygen atoms in total. The number of nitrogens with one attached hydrogen (secondary N) is 1. The lowest BCUT2D eigenvalue weighted by Crippen LogP contribution is -2.54. The molecule has 0 aliphatic carbocycles. The molecule has 0 spiro atoms. The Hall–Kier alpha value is -0.530. The molecule has 19 heavy (non-hydrogen) atoms. The van der Waals surface area contributed by atoms with Crippen molar-refractivity contribution in [3.05, 3.63) is 34.1 Å². The largest absolute Gasteiger partial charge is 0.374 e. The lowest BCUT2D eigenvalue weighted by Gasteiger charge is -2.35. The normalized spacial score (nSPS) is 22.4. The number of morpholine rings is 1. The van der Waals surface area contributed by atoms with Crippen LogP contribution in [0.25, 0.3) is 0 Å². The van der Waals surface area contributed by atoms with Gasteiger partial charge in [-0.25, -0.2) is 4.39 Å². The minimum atomic E-state index is -0.249. The van der Waals surface area contributed by atoms with Gasteiger partial charge in [0.2, 0.25) is 0 Å². The van der Waals surface area contributed by atoms with Crippen LogP contribution in [-0.4, -0.2) is 43.8 Å². The molecule has 106 valence electrons. The summed E-state index contributed by atoms with van der Waals surface area (Å²) < 4.78 is 19.6. The average molecular weight is 332 g/mol. The van der Waals surface area contributed by atoms with E-state index >= 15 is 0 Å². The molecular weight excluding hydrogens is 313 g/mol. The summed E-state index contributed by atoms with van der Waals surface area (Å²) in [6.07, 6.45) is 0.733. The van der Waals surface area contributed by atoms with Crippen LogP contribution in [0.4, 0.5) is 4.39 Å². The molecule has 1 aromatic carbocycles. The van der Waals surface area contributed by atoms with Crippen molar-refractivity contribution in [2.45, 2.75) is 18.6 Å². The van der Waals surface area contributed by atoms with E-state index in [0.717, 1.165) is 23.1 Å². The van der Waals surface area contributed by atoms with Gasteiger partial charge in [-0.15, -0.1) is 0 Å². The van der Waals surface area contributed by atoms with Crippen LogP contribution in [0.5, 0.6) is 0 Å². The van der Waals surface area contributed by atoms with Crippen LogP contribution in [0.2, 0.25) is 0 Å². The van der Waals surface area contributed by atoms with Crippen molar-refractivity contribution in [3.63, 3.8) is 0 Å². The standard InChI is InChI=1S/C13H19BrFN3O/c1-18-4-5-19-13(8-18)12(17-16)6-9-2-3-10(15)7-11(9)14/h2-3,7,12-13,17H,4-6,8,16H2,1H3. The van der Waals surface area contributed by atoms with Crippen molar-refractivity contribution in [2.75, 3.05) is 26.7 Å². The topological polar surface area (TPSA) is 50.5 Å². The Morgan fingerprint density at radius 2 is 2.42 bits per heavy atom. The summed E-state index contributed by atoms with van der Waals surface area (Å²) in [5.74, 6) is 5.39. The van der Waals surface area contributed by atoms with Crippen LogP contribution < -0.4 is 11.3 Å². The van der Waals surface area contributed by atoms with Crippen molar-refractivity contribution in [2.24, 2.45) is 5.84 Å². The van der Waals surface area contributed by atoms with E-state index in [4.69, 9.17) is 10.6 Å². The summed E-state index contributed by atoms with van der Waals surface area (Å²) >= 11 is 3.38. The molecule has 0 amide bonds. The number of benzene rings is 1. The number of hydrogen-bond acceptors (Lipinski definition) is 4. The van der Waals surface area contributed by atoms with Gasteiger partial charge in [0.1, 0.15) is 5.82 Å². The van der Waals surface area contributed by atoms with E-state index < -0.39 is 0 Å². The first-order chi connectivity index (χ1) is 9.10. The van der Waals surface area contributed by atoms with Crippen molar-refractivity contribution in [3.8, 4) is 0 Å². The summed E-state index contributed by atoms with van der Waals surface area (Å²) in [5.41, 5.74) is 3.83. The molecule has 1 aliphatic heterocycles. The van der Waals surface area contributed by atoms with Crippen molar-refractivity contribution < 1.29 is 9.13 Å². The Kier molecular flexibility index (Phi) is 5.29. The fourth-order valence-electron chi connectivity index (χ4n) is 2.28. The predicted octanol–water partition coefficient (Wildman–Crippen LogP) is 1.29. The molecule has 0 aromatic heterocycles. The molecule has 1 fully saturated rings. The molecule has 1 heterocycles. The molecule has 0 radical (unpaired) electrons. The van der Waals surface area contributed by atoms with Gasteiger partial charge in [-0.05, 0) is 31.2 Å². The number of hydrogen-bond donors (Lipinski definition) is 2. The zero-order valence-electron chi connectivity index (χ0n) is 10.9. The number of hydrazine groups is 1. The van der Waals surface area contributed by atoms with Crippen molar-refractivity contribution in [1.82, 2.24) is 10.3 Å². The van der Waals surface area contributed by atoms with Crippen LogP contribution in [0.3, 0.4) is 0 Å². The first-order valence-electron chi connectivity index (χ1n) is 6.30. The summed E-state index contributed by atoms with van der Waals surface area (Å²) in [6, 6.07) is 4.71. The van der Waals surface area contributed by atoms with E-state index in [9.17, 15) is 4.39 Å². The third-order valence-electron chi connectivity index (χ3n) is 3.41. The Balaban J connectivity index is 2.05. The van der Waals surface area contributed by atoms with Gasteiger partial charge in [0.15, 0.2) is 0 Å². The number of ether oxygens (including phenoxy) is 1. The second kappa shape index (κ2) is 6.76. The van der Waals surface area contributed by atoms with Gasteiger partial charge < -0.3 is 9.64 Å². The summed E-state index contributed by atoms with van der Waals surface area (Å²) in [5, 5.41) is 0. The molecule has 2 unspecified atom stereocenters. The van der Waals surface area contributed by atoms with E-state index in [-0.39, 0.29) is 18.0 Å². The molecule has 6 heteroatoms. The van der Waals surface area contributed by atoms with E-state index in [1.165, 1.54) is 12.1 Å². The minimum Gasteiger partial charge on any atom is -0.374 e. The smallest absolute Gasteiger partial charge is 0.124 e. The second-order valence-electron chi connectivity index (χ2n) is 4.88. The highest BCUT2D eigenvalue weighted by Crippen LogP contribution is 2.21. The number of halogens is 2. The van der Waals surface area contributed by atoms with E-state index in [2.05, 4.69) is 33.3 Å². The van der Waals surface area contributed by atoms with E-state index in [0.29, 0.717) is 13.0 Å². The Labute approximate surface area is 121 Å². The highest BCUT2D eigenvalue weighted by Gasteiger charge is 2.26. The molecule has 3 N–H and O–H groups in total. The van der Waals surface area contributed by atoms with Crippen LogP contribution in [0.15, 0.2) is 22.7 Å². The quantitative estimate of drug-likeness (QED) is 0.645. The van der Waals surface area contributed by atoms with Gasteiger partial charge in [-0.1, -0.05) is 22.0 Å². The highest BCUT2D eigenvalue weighted by atomic mass is 79.9. The third-order valence-corrected chi connectivity index (χ3v) is 4.15. The molecule has 2 rings (SSSR count). The second-order valence-corrected chi connectivity index (χ2v) is 5.74. The summed E-state index contributed by atoms with van der Waals surface area (Å²) in [6.45, 7) is 2.49. The maximum atomic E-state index is 13.1. The van der Waals surface area contributed by atoms with Crippen LogP contribution in [0.1, 0.15) is 5.56 Å². The van der Waals surface area contributed by atoms with Gasteiger partial charge in [0.05, 0.1) is 18.8 Å². The minimum absolute atomic E-state index is 0.00418. The Bertz CT molecular complexity index is 432. The van der Waals surface area contributed by atoms with Gasteiger partial charge >= 0.3 is 0 Å². The van der Waals surface area contributed by atoms with Crippen molar-refractivity contribution >= 4 is 15.9 Å². The molecular formula is C13H19BrFN3O. The highest BCUT2D eigenvalue weighted by molar-refractivity contribution is 9.10. The van der Waals surface area contributed by atoms with Crippen LogP contribution in [-0.2, 0) is 11.2 Å².